The van der Waals surface area contributed by atoms with Crippen molar-refractivity contribution in [3.63, 3.8) is 0 Å². The molecule has 2 aromatic rings. The Balaban J connectivity index is 1.66. The molecular weight excluding hydrogens is 363 g/mol. The maximum Gasteiger partial charge on any atom is 0.269 e. The molecule has 3 rings (SSSR count). The number of nitrogens with zero attached hydrogens (tertiary/aromatic N) is 1. The third-order valence-electron chi connectivity index (χ3n) is 4.23. The summed E-state index contributed by atoms with van der Waals surface area (Å²) in [6.45, 7) is 0.639. The fourth-order valence-electron chi connectivity index (χ4n) is 2.83. The number of amides is 1. The first-order valence-corrected chi connectivity index (χ1v) is 8.28. The molecule has 2 aromatic carbocycles. The van der Waals surface area contributed by atoms with Gasteiger partial charge in [-0.2, -0.15) is 0 Å². The molecule has 1 aliphatic rings. The average molecular weight is 379 g/mol. The predicted octanol–water partition coefficient (Wildman–Crippen LogP) is 2.47. The number of rotatable bonds is 5. The molecule has 2 atom stereocenters. The Bertz CT molecular complexity index is 831. The van der Waals surface area contributed by atoms with Crippen molar-refractivity contribution in [2.24, 2.45) is 5.92 Å². The summed E-state index contributed by atoms with van der Waals surface area (Å²) in [6, 6.07) is 10.0. The van der Waals surface area contributed by atoms with Crippen molar-refractivity contribution in [1.29, 1.82) is 0 Å². The summed E-state index contributed by atoms with van der Waals surface area (Å²) in [5.41, 5.74) is 7.41. The van der Waals surface area contributed by atoms with Gasteiger partial charge in [0.15, 0.2) is 0 Å². The van der Waals surface area contributed by atoms with Crippen LogP contribution in [0.5, 0.6) is 0 Å². The monoisotopic (exact) mass is 378 g/mol. The number of halogens is 2. The van der Waals surface area contributed by atoms with E-state index < -0.39 is 16.7 Å². The summed E-state index contributed by atoms with van der Waals surface area (Å²) >= 11 is 5.74. The van der Waals surface area contributed by atoms with Gasteiger partial charge < -0.3 is 5.32 Å². The highest BCUT2D eigenvalue weighted by Crippen LogP contribution is 2.27. The van der Waals surface area contributed by atoms with Crippen LogP contribution in [0.4, 0.5) is 10.1 Å². The molecule has 0 aromatic heterocycles. The maximum absolute atomic E-state index is 13.2. The van der Waals surface area contributed by atoms with Crippen LogP contribution < -0.4 is 16.2 Å². The molecule has 1 fully saturated rings. The Morgan fingerprint density at radius 2 is 2.04 bits per heavy atom. The fourth-order valence-corrected chi connectivity index (χ4v) is 3.03. The van der Waals surface area contributed by atoms with E-state index in [0.29, 0.717) is 12.1 Å². The van der Waals surface area contributed by atoms with Crippen LogP contribution in [0.25, 0.3) is 0 Å². The van der Waals surface area contributed by atoms with Gasteiger partial charge in [0.25, 0.3) is 5.69 Å². The lowest BCUT2D eigenvalue weighted by Crippen LogP contribution is -2.34. The van der Waals surface area contributed by atoms with Gasteiger partial charge in [0.1, 0.15) is 5.82 Å². The van der Waals surface area contributed by atoms with Crippen LogP contribution in [-0.4, -0.2) is 17.4 Å². The Hall–Kier alpha value is -2.55. The number of nitro groups is 1. The topological polar surface area (TPSA) is 96.3 Å². The van der Waals surface area contributed by atoms with E-state index in [0.717, 1.165) is 5.56 Å². The second-order valence-corrected chi connectivity index (χ2v) is 6.33. The van der Waals surface area contributed by atoms with Crippen LogP contribution in [0.15, 0.2) is 42.5 Å². The van der Waals surface area contributed by atoms with E-state index in [4.69, 9.17) is 11.6 Å². The van der Waals surface area contributed by atoms with Gasteiger partial charge in [-0.05, 0) is 23.3 Å². The molecule has 9 heteroatoms. The summed E-state index contributed by atoms with van der Waals surface area (Å²) < 4.78 is 13.2. The minimum atomic E-state index is -0.510. The number of nitrogens with one attached hydrogen (secondary N) is 3. The van der Waals surface area contributed by atoms with E-state index in [1.165, 1.54) is 24.3 Å². The van der Waals surface area contributed by atoms with Gasteiger partial charge in [-0.3, -0.25) is 20.3 Å². The first-order valence-electron chi connectivity index (χ1n) is 7.90. The van der Waals surface area contributed by atoms with Crippen molar-refractivity contribution in [3.8, 4) is 0 Å². The molecule has 0 bridgehead atoms. The smallest absolute Gasteiger partial charge is 0.269 e. The average Bonchev–Trinajstić information content (AvgIpc) is 3.12. The van der Waals surface area contributed by atoms with Crippen LogP contribution >= 0.6 is 11.6 Å². The highest BCUT2D eigenvalue weighted by molar-refractivity contribution is 6.30. The molecule has 3 N–H and O–H groups in total. The van der Waals surface area contributed by atoms with Gasteiger partial charge in [0.2, 0.25) is 5.91 Å². The third-order valence-corrected chi connectivity index (χ3v) is 4.52. The minimum Gasteiger partial charge on any atom is -0.352 e. The molecule has 0 saturated carbocycles. The van der Waals surface area contributed by atoms with E-state index in [-0.39, 0.29) is 29.2 Å². The lowest BCUT2D eigenvalue weighted by atomic mass is 9.94. The number of nitro benzene ring substituents is 1. The van der Waals surface area contributed by atoms with Crippen LogP contribution in [0, 0.1) is 21.8 Å². The number of non-ortho nitro benzene ring substituents is 1. The Morgan fingerprint density at radius 3 is 2.69 bits per heavy atom. The highest BCUT2D eigenvalue weighted by atomic mass is 35.5. The first-order chi connectivity index (χ1) is 12.5. The molecule has 2 unspecified atom stereocenters. The predicted molar refractivity (Wildman–Crippen MR) is 93.7 cm³/mol. The van der Waals surface area contributed by atoms with Gasteiger partial charge in [0.05, 0.1) is 21.9 Å². The summed E-state index contributed by atoms with van der Waals surface area (Å²) in [5, 5.41) is 13.6. The first kappa shape index (κ1) is 18.2. The van der Waals surface area contributed by atoms with Gasteiger partial charge in [-0.1, -0.05) is 29.8 Å². The number of carbonyl (C=O) groups excluding carboxylic acids is 1. The quantitative estimate of drug-likeness (QED) is 0.548. The molecule has 7 nitrogen and oxygen atoms in total. The van der Waals surface area contributed by atoms with Crippen molar-refractivity contribution in [2.45, 2.75) is 12.6 Å². The summed E-state index contributed by atoms with van der Waals surface area (Å²) in [7, 11) is 0. The molecule has 0 spiro atoms. The van der Waals surface area contributed by atoms with Crippen molar-refractivity contribution < 1.29 is 14.1 Å². The SMILES string of the molecule is O=C(NCc1ccc(F)c(Cl)c1)C1CNNC1c1ccc([N+](=O)[O-])cc1. The molecule has 26 heavy (non-hydrogen) atoms. The van der Waals surface area contributed by atoms with E-state index >= 15 is 0 Å². The van der Waals surface area contributed by atoms with Crippen LogP contribution in [0.1, 0.15) is 17.2 Å². The Kier molecular flexibility index (Phi) is 5.46. The molecule has 1 heterocycles. The van der Waals surface area contributed by atoms with Crippen molar-refractivity contribution in [3.05, 3.63) is 74.5 Å². The normalized spacial score (nSPS) is 19.3. The molecule has 1 aliphatic heterocycles. The Morgan fingerprint density at radius 1 is 1.31 bits per heavy atom. The zero-order chi connectivity index (χ0) is 18.7. The molecule has 0 aliphatic carbocycles. The molecule has 1 saturated heterocycles. The number of hydrogen-bond acceptors (Lipinski definition) is 5. The number of carbonyl (C=O) groups is 1. The largest absolute Gasteiger partial charge is 0.352 e. The van der Waals surface area contributed by atoms with Crippen LogP contribution in [-0.2, 0) is 11.3 Å². The van der Waals surface area contributed by atoms with Gasteiger partial charge in [-0.25, -0.2) is 9.82 Å². The molecule has 136 valence electrons. The zero-order valence-corrected chi connectivity index (χ0v) is 14.3. The van der Waals surface area contributed by atoms with Gasteiger partial charge in [0, 0.05) is 25.2 Å². The van der Waals surface area contributed by atoms with E-state index in [1.807, 2.05) is 0 Å². The number of benzene rings is 2. The standard InChI is InChI=1S/C17H16ClFN4O3/c18-14-7-10(1-6-15(14)19)8-20-17(24)13-9-21-22-16(13)11-2-4-12(5-3-11)23(25)26/h1-7,13,16,21-22H,8-9H2,(H,20,24). The minimum absolute atomic E-state index is 0.00436. The zero-order valence-electron chi connectivity index (χ0n) is 13.5. The van der Waals surface area contributed by atoms with E-state index in [9.17, 15) is 19.3 Å². The van der Waals surface area contributed by atoms with Crippen LogP contribution in [0.2, 0.25) is 5.02 Å². The molecule has 1 amide bonds. The summed E-state index contributed by atoms with van der Waals surface area (Å²) in [5.74, 6) is -1.09. The van der Waals surface area contributed by atoms with Crippen molar-refractivity contribution in [1.82, 2.24) is 16.2 Å². The molecular formula is C17H16ClFN4O3. The fraction of sp³-hybridized carbons (Fsp3) is 0.235. The number of hydrazine groups is 1. The van der Waals surface area contributed by atoms with Crippen molar-refractivity contribution in [2.75, 3.05) is 6.54 Å². The van der Waals surface area contributed by atoms with E-state index in [1.54, 1.807) is 18.2 Å². The Labute approximate surface area is 153 Å². The van der Waals surface area contributed by atoms with Crippen molar-refractivity contribution >= 4 is 23.2 Å². The third kappa shape index (κ3) is 3.98. The second kappa shape index (κ2) is 7.77. The summed E-state index contributed by atoms with van der Waals surface area (Å²) in [4.78, 5) is 22.8. The molecule has 0 radical (unpaired) electrons. The lowest BCUT2D eigenvalue weighted by Gasteiger charge is -2.18. The van der Waals surface area contributed by atoms with Gasteiger partial charge >= 0.3 is 0 Å². The van der Waals surface area contributed by atoms with E-state index in [2.05, 4.69) is 16.2 Å². The van der Waals surface area contributed by atoms with Crippen LogP contribution in [0.3, 0.4) is 0 Å². The second-order valence-electron chi connectivity index (χ2n) is 5.92. The van der Waals surface area contributed by atoms with Gasteiger partial charge in [-0.15, -0.1) is 0 Å². The highest BCUT2D eigenvalue weighted by Gasteiger charge is 2.34. The maximum atomic E-state index is 13.2. The lowest BCUT2D eigenvalue weighted by molar-refractivity contribution is -0.384. The summed E-state index contributed by atoms with van der Waals surface area (Å²) in [6.07, 6.45) is 0. The number of hydrogen-bond donors (Lipinski definition) is 3.